The first kappa shape index (κ1) is 16.3. The second-order valence-corrected chi connectivity index (χ2v) is 6.45. The van der Waals surface area contributed by atoms with E-state index >= 15 is 0 Å². The van der Waals surface area contributed by atoms with Gasteiger partial charge in [0.1, 0.15) is 17.4 Å². The lowest BCUT2D eigenvalue weighted by Gasteiger charge is -2.14. The summed E-state index contributed by atoms with van der Waals surface area (Å²) >= 11 is 6.43. The largest absolute Gasteiger partial charge is 0.459 e. The number of nitrogens with one attached hydrogen (secondary N) is 1. The van der Waals surface area contributed by atoms with Gasteiger partial charge in [-0.15, -0.1) is 12.4 Å². The lowest BCUT2D eigenvalue weighted by atomic mass is 10.1. The van der Waals surface area contributed by atoms with Crippen molar-refractivity contribution < 1.29 is 4.42 Å². The summed E-state index contributed by atoms with van der Waals surface area (Å²) in [5, 5.41) is 5.50. The van der Waals surface area contributed by atoms with E-state index in [-0.39, 0.29) is 18.4 Å². The second-order valence-electron chi connectivity index (χ2n) is 6.04. The Bertz CT molecular complexity index is 1020. The number of benzene rings is 2. The average Bonchev–Trinajstić information content (AvgIpc) is 3.20. The Morgan fingerprint density at radius 1 is 1.04 bits per heavy atom. The van der Waals surface area contributed by atoms with Crippen LogP contribution in [0.2, 0.25) is 5.02 Å². The summed E-state index contributed by atoms with van der Waals surface area (Å²) < 4.78 is 8.30. The highest BCUT2D eigenvalue weighted by atomic mass is 35.5. The third kappa shape index (κ3) is 2.56. The Kier molecular flexibility index (Phi) is 4.08. The molecule has 0 fully saturated rings. The summed E-state index contributed by atoms with van der Waals surface area (Å²) in [6.07, 6.45) is 2.08. The second kappa shape index (κ2) is 6.26. The Hall–Kier alpha value is -2.20. The summed E-state index contributed by atoms with van der Waals surface area (Å²) in [5.74, 6) is 0.917. The van der Waals surface area contributed by atoms with E-state index in [1.165, 1.54) is 0 Å². The van der Waals surface area contributed by atoms with E-state index in [2.05, 4.69) is 46.4 Å². The number of hydrogen-bond donors (Lipinski definition) is 1. The lowest BCUT2D eigenvalue weighted by Crippen LogP contribution is -2.20. The van der Waals surface area contributed by atoms with Gasteiger partial charge in [-0.25, -0.2) is 0 Å². The van der Waals surface area contributed by atoms with E-state index in [0.717, 1.165) is 38.7 Å². The minimum atomic E-state index is -0.0177. The molecule has 4 aromatic rings. The van der Waals surface area contributed by atoms with Gasteiger partial charge >= 0.3 is 0 Å². The van der Waals surface area contributed by atoms with Crippen LogP contribution in [0, 0.1) is 0 Å². The van der Waals surface area contributed by atoms with Crippen LogP contribution in [0.5, 0.6) is 0 Å². The van der Waals surface area contributed by atoms with Gasteiger partial charge in [-0.05, 0) is 36.4 Å². The molecule has 1 N–H and O–H groups in total. The standard InChI is InChI=1S/C20H15ClN2O.ClH/c21-15-6-3-7-16-14(15)12-22-20(17-8-4-10-23(16)17)19-11-13-5-1-2-9-18(13)24-19;/h1-11,20,22H,12H2;1H. The topological polar surface area (TPSA) is 30.1 Å². The monoisotopic (exact) mass is 370 g/mol. The highest BCUT2D eigenvalue weighted by Crippen LogP contribution is 2.35. The third-order valence-electron chi connectivity index (χ3n) is 4.64. The summed E-state index contributed by atoms with van der Waals surface area (Å²) in [6, 6.07) is 20.4. The van der Waals surface area contributed by atoms with E-state index in [1.807, 2.05) is 30.3 Å². The van der Waals surface area contributed by atoms with Crippen molar-refractivity contribution in [3.8, 4) is 5.69 Å². The zero-order valence-electron chi connectivity index (χ0n) is 13.3. The molecule has 0 saturated carbocycles. The highest BCUT2D eigenvalue weighted by molar-refractivity contribution is 6.31. The van der Waals surface area contributed by atoms with E-state index in [1.54, 1.807) is 0 Å². The minimum absolute atomic E-state index is 0. The average molecular weight is 371 g/mol. The predicted molar refractivity (Wildman–Crippen MR) is 103 cm³/mol. The van der Waals surface area contributed by atoms with Gasteiger partial charge in [0.15, 0.2) is 0 Å². The summed E-state index contributed by atoms with van der Waals surface area (Å²) in [6.45, 7) is 0.693. The van der Waals surface area contributed by atoms with Crippen molar-refractivity contribution in [3.63, 3.8) is 0 Å². The number of nitrogens with zero attached hydrogens (tertiary/aromatic N) is 1. The molecule has 0 radical (unpaired) electrons. The van der Waals surface area contributed by atoms with E-state index in [0.29, 0.717) is 6.54 Å². The quantitative estimate of drug-likeness (QED) is 0.479. The van der Waals surface area contributed by atoms with Gasteiger partial charge in [-0.2, -0.15) is 0 Å². The first-order valence-corrected chi connectivity index (χ1v) is 8.36. The van der Waals surface area contributed by atoms with Crippen LogP contribution in [0.4, 0.5) is 0 Å². The van der Waals surface area contributed by atoms with Crippen LogP contribution in [0.25, 0.3) is 16.7 Å². The van der Waals surface area contributed by atoms with Gasteiger partial charge in [0.2, 0.25) is 0 Å². The van der Waals surface area contributed by atoms with Crippen LogP contribution in [-0.2, 0) is 6.54 Å². The normalized spacial score (nSPS) is 16.0. The van der Waals surface area contributed by atoms with Gasteiger partial charge in [-0.3, -0.25) is 5.32 Å². The molecule has 3 heterocycles. The minimum Gasteiger partial charge on any atom is -0.459 e. The molecular formula is C20H16Cl2N2O. The number of halogens is 2. The maximum atomic E-state index is 6.43. The Labute approximate surface area is 156 Å². The van der Waals surface area contributed by atoms with Crippen molar-refractivity contribution in [3.05, 3.63) is 88.9 Å². The van der Waals surface area contributed by atoms with Crippen molar-refractivity contribution >= 4 is 35.0 Å². The fourth-order valence-corrected chi connectivity index (χ4v) is 3.73. The number of aromatic nitrogens is 1. The fourth-order valence-electron chi connectivity index (χ4n) is 3.50. The molecule has 1 aliphatic rings. The molecule has 0 aliphatic carbocycles. The van der Waals surface area contributed by atoms with Crippen LogP contribution in [0.15, 0.2) is 71.3 Å². The maximum absolute atomic E-state index is 6.43. The van der Waals surface area contributed by atoms with Gasteiger partial charge < -0.3 is 8.98 Å². The number of hydrogen-bond acceptors (Lipinski definition) is 2. The molecule has 5 heteroatoms. The molecule has 0 amide bonds. The van der Waals surface area contributed by atoms with Crippen molar-refractivity contribution in [2.45, 2.75) is 12.6 Å². The zero-order valence-corrected chi connectivity index (χ0v) is 14.8. The highest BCUT2D eigenvalue weighted by Gasteiger charge is 2.26. The molecule has 3 nitrogen and oxygen atoms in total. The number of rotatable bonds is 1. The molecule has 0 spiro atoms. The van der Waals surface area contributed by atoms with Gasteiger partial charge in [0, 0.05) is 34.4 Å². The van der Waals surface area contributed by atoms with E-state index in [9.17, 15) is 0 Å². The Morgan fingerprint density at radius 2 is 1.92 bits per heavy atom. The molecule has 0 saturated heterocycles. The van der Waals surface area contributed by atoms with Crippen molar-refractivity contribution in [2.75, 3.05) is 0 Å². The molecule has 126 valence electrons. The van der Waals surface area contributed by atoms with Crippen LogP contribution in [0.3, 0.4) is 0 Å². The van der Waals surface area contributed by atoms with Crippen molar-refractivity contribution in [1.82, 2.24) is 9.88 Å². The number of para-hydroxylation sites is 1. The molecule has 2 aromatic carbocycles. The van der Waals surface area contributed by atoms with Crippen LogP contribution >= 0.6 is 24.0 Å². The molecule has 5 rings (SSSR count). The van der Waals surface area contributed by atoms with Gasteiger partial charge in [-0.1, -0.05) is 35.9 Å². The van der Waals surface area contributed by atoms with Crippen LogP contribution in [-0.4, -0.2) is 4.57 Å². The number of fused-ring (bicyclic) bond motifs is 4. The molecule has 1 unspecified atom stereocenters. The van der Waals surface area contributed by atoms with Crippen molar-refractivity contribution in [2.24, 2.45) is 0 Å². The molecule has 0 bridgehead atoms. The molecule has 2 aromatic heterocycles. The molecular weight excluding hydrogens is 355 g/mol. The molecule has 25 heavy (non-hydrogen) atoms. The zero-order chi connectivity index (χ0) is 16.1. The van der Waals surface area contributed by atoms with Gasteiger partial charge in [0.05, 0.1) is 5.69 Å². The SMILES string of the molecule is Cl.Clc1cccc2c1CNC(c1cc3ccccc3o1)c1cccn1-2. The Morgan fingerprint density at radius 3 is 2.80 bits per heavy atom. The molecule has 1 aliphatic heterocycles. The Balaban J connectivity index is 0.00000157. The smallest absolute Gasteiger partial charge is 0.134 e. The van der Waals surface area contributed by atoms with Gasteiger partial charge in [0.25, 0.3) is 0 Å². The first-order chi connectivity index (χ1) is 11.8. The first-order valence-electron chi connectivity index (χ1n) is 7.98. The third-order valence-corrected chi connectivity index (χ3v) is 5.00. The lowest BCUT2D eigenvalue weighted by molar-refractivity contribution is 0.465. The summed E-state index contributed by atoms with van der Waals surface area (Å²) in [7, 11) is 0. The van der Waals surface area contributed by atoms with E-state index < -0.39 is 0 Å². The molecule has 1 atom stereocenters. The number of furan rings is 1. The van der Waals surface area contributed by atoms with Crippen molar-refractivity contribution in [1.29, 1.82) is 0 Å². The summed E-state index contributed by atoms with van der Waals surface area (Å²) in [4.78, 5) is 0. The van der Waals surface area contributed by atoms with Crippen LogP contribution in [0.1, 0.15) is 23.1 Å². The van der Waals surface area contributed by atoms with Crippen LogP contribution < -0.4 is 5.32 Å². The summed E-state index contributed by atoms with van der Waals surface area (Å²) in [5.41, 5.74) is 4.28. The predicted octanol–water partition coefficient (Wildman–Crippen LogP) is 5.49. The maximum Gasteiger partial charge on any atom is 0.134 e. The fraction of sp³-hybridized carbons (Fsp3) is 0.100. The van der Waals surface area contributed by atoms with E-state index in [4.69, 9.17) is 16.0 Å².